The van der Waals surface area contributed by atoms with Crippen molar-refractivity contribution in [3.05, 3.63) is 35.5 Å². The Morgan fingerprint density at radius 2 is 2.10 bits per heavy atom. The van der Waals surface area contributed by atoms with Crippen molar-refractivity contribution in [2.75, 3.05) is 5.32 Å². The molecule has 1 amide bonds. The van der Waals surface area contributed by atoms with E-state index in [4.69, 9.17) is 5.14 Å². The third-order valence-corrected chi connectivity index (χ3v) is 3.70. The minimum absolute atomic E-state index is 0.0645. The zero-order valence-electron chi connectivity index (χ0n) is 11.4. The highest BCUT2D eigenvalue weighted by molar-refractivity contribution is 7.89. The zero-order valence-corrected chi connectivity index (χ0v) is 12.2. The lowest BCUT2D eigenvalue weighted by atomic mass is 10.1. The number of carbonyl (C=O) groups excluding carboxylic acids is 1. The van der Waals surface area contributed by atoms with Crippen molar-refractivity contribution in [1.29, 1.82) is 0 Å². The number of nitrogens with two attached hydrogens (primary N) is 1. The van der Waals surface area contributed by atoms with E-state index in [1.54, 1.807) is 6.92 Å². The number of phenolic OH excluding ortho intramolecular Hbond substituents is 1. The van der Waals surface area contributed by atoms with Gasteiger partial charge in [0.25, 0.3) is 5.91 Å². The van der Waals surface area contributed by atoms with E-state index >= 15 is 0 Å². The van der Waals surface area contributed by atoms with E-state index in [0.717, 1.165) is 0 Å². The highest BCUT2D eigenvalue weighted by atomic mass is 32.2. The summed E-state index contributed by atoms with van der Waals surface area (Å²) in [4.78, 5) is 11.8. The monoisotopic (exact) mass is 310 g/mol. The molecular formula is C12H14N4O4S. The molecule has 0 spiro atoms. The second kappa shape index (κ2) is 5.19. The summed E-state index contributed by atoms with van der Waals surface area (Å²) in [5, 5.41) is 20.7. The molecule has 0 aliphatic carbocycles. The fraction of sp³-hybridized carbons (Fsp3) is 0.167. The van der Waals surface area contributed by atoms with E-state index in [-0.39, 0.29) is 22.0 Å². The number of hydrogen-bond donors (Lipinski definition) is 3. The summed E-state index contributed by atoms with van der Waals surface area (Å²) in [5.74, 6) is -0.632. The Morgan fingerprint density at radius 3 is 2.67 bits per heavy atom. The maximum atomic E-state index is 12.1. The van der Waals surface area contributed by atoms with Gasteiger partial charge in [-0.15, -0.1) is 0 Å². The number of aryl methyl sites for hydroxylation is 2. The first-order valence-electron chi connectivity index (χ1n) is 5.86. The Hall–Kier alpha value is -2.39. The Balaban J connectivity index is 2.34. The molecular weight excluding hydrogens is 296 g/mol. The lowest BCUT2D eigenvalue weighted by molar-refractivity contribution is 0.102. The number of nitrogens with one attached hydrogen (secondary N) is 1. The van der Waals surface area contributed by atoms with Crippen LogP contribution in [0.25, 0.3) is 0 Å². The summed E-state index contributed by atoms with van der Waals surface area (Å²) < 4.78 is 24.1. The highest BCUT2D eigenvalue weighted by Gasteiger charge is 2.20. The number of amides is 1. The molecule has 4 N–H and O–H groups in total. The molecule has 0 bridgehead atoms. The van der Waals surface area contributed by atoms with Crippen LogP contribution in [0.1, 0.15) is 15.9 Å². The molecule has 0 aliphatic heterocycles. The van der Waals surface area contributed by atoms with Gasteiger partial charge in [0, 0.05) is 18.8 Å². The van der Waals surface area contributed by atoms with Gasteiger partial charge in [-0.05, 0) is 30.7 Å². The number of nitrogens with zero attached hydrogens (tertiary/aromatic N) is 2. The van der Waals surface area contributed by atoms with E-state index < -0.39 is 15.9 Å². The predicted molar refractivity (Wildman–Crippen MR) is 75.4 cm³/mol. The average molecular weight is 310 g/mol. The molecule has 2 aromatic rings. The summed E-state index contributed by atoms with van der Waals surface area (Å²) in [6.07, 6.45) is 1.20. The van der Waals surface area contributed by atoms with Gasteiger partial charge in [0.15, 0.2) is 5.82 Å². The fourth-order valence-corrected chi connectivity index (χ4v) is 2.40. The van der Waals surface area contributed by atoms with Crippen LogP contribution in [-0.2, 0) is 17.1 Å². The van der Waals surface area contributed by atoms with Crippen LogP contribution in [0.15, 0.2) is 29.3 Å². The molecule has 0 saturated heterocycles. The smallest absolute Gasteiger partial charge is 0.256 e. The number of phenols is 1. The van der Waals surface area contributed by atoms with E-state index in [2.05, 4.69) is 10.4 Å². The molecule has 2 rings (SSSR count). The van der Waals surface area contributed by atoms with Crippen LogP contribution < -0.4 is 10.5 Å². The highest BCUT2D eigenvalue weighted by Crippen LogP contribution is 2.20. The molecule has 9 heteroatoms. The lowest BCUT2D eigenvalue weighted by Crippen LogP contribution is -2.17. The molecule has 0 atom stereocenters. The van der Waals surface area contributed by atoms with Crippen LogP contribution in [-0.4, -0.2) is 29.2 Å². The Labute approximate surface area is 121 Å². The molecule has 0 fully saturated rings. The van der Waals surface area contributed by atoms with Crippen LogP contribution in [0, 0.1) is 6.92 Å². The average Bonchev–Trinajstić information content (AvgIpc) is 2.73. The third-order valence-electron chi connectivity index (χ3n) is 2.79. The Morgan fingerprint density at radius 1 is 1.43 bits per heavy atom. The van der Waals surface area contributed by atoms with E-state index in [1.165, 1.54) is 36.1 Å². The van der Waals surface area contributed by atoms with Gasteiger partial charge in [-0.1, -0.05) is 0 Å². The lowest BCUT2D eigenvalue weighted by Gasteiger charge is -2.05. The van der Waals surface area contributed by atoms with Gasteiger partial charge in [-0.2, -0.15) is 5.10 Å². The Kier molecular flexibility index (Phi) is 3.71. The van der Waals surface area contributed by atoms with Crippen LogP contribution in [0.2, 0.25) is 0 Å². The van der Waals surface area contributed by atoms with Crippen LogP contribution in [0.5, 0.6) is 5.75 Å². The van der Waals surface area contributed by atoms with Gasteiger partial charge >= 0.3 is 0 Å². The summed E-state index contributed by atoms with van der Waals surface area (Å²) in [6, 6.07) is 4.27. The molecule has 8 nitrogen and oxygen atoms in total. The topological polar surface area (TPSA) is 127 Å². The van der Waals surface area contributed by atoms with Crippen molar-refractivity contribution in [3.8, 4) is 5.75 Å². The number of aromatic hydroxyl groups is 1. The number of primary sulfonamides is 1. The maximum absolute atomic E-state index is 12.1. The van der Waals surface area contributed by atoms with Crippen LogP contribution in [0.4, 0.5) is 5.82 Å². The minimum Gasteiger partial charge on any atom is -0.508 e. The van der Waals surface area contributed by atoms with Crippen molar-refractivity contribution in [2.24, 2.45) is 12.2 Å². The summed E-state index contributed by atoms with van der Waals surface area (Å²) >= 11 is 0. The molecule has 0 unspecified atom stereocenters. The van der Waals surface area contributed by atoms with Crippen LogP contribution >= 0.6 is 0 Å². The van der Waals surface area contributed by atoms with Crippen molar-refractivity contribution in [2.45, 2.75) is 11.8 Å². The zero-order chi connectivity index (χ0) is 15.8. The number of hydrogen-bond acceptors (Lipinski definition) is 5. The van der Waals surface area contributed by atoms with E-state index in [0.29, 0.717) is 5.56 Å². The number of aromatic nitrogens is 2. The standard InChI is InChI=1S/C12H14N4O4S/c1-7-5-8(3-4-9(7)17)12(18)14-11-10(21(13,19)20)6-16(2)15-11/h3-6,17H,1-2H3,(H2,13,19,20)(H,14,15,18). The van der Waals surface area contributed by atoms with Gasteiger partial charge in [0.05, 0.1) is 0 Å². The normalized spacial score (nSPS) is 11.4. The minimum atomic E-state index is -3.99. The predicted octanol–water partition coefficient (Wildman–Crippen LogP) is 0.334. The summed E-state index contributed by atoms with van der Waals surface area (Å²) in [5.41, 5.74) is 0.784. The number of rotatable bonds is 3. The molecule has 1 aromatic carbocycles. The van der Waals surface area contributed by atoms with E-state index in [9.17, 15) is 18.3 Å². The third kappa shape index (κ3) is 3.20. The summed E-state index contributed by atoms with van der Waals surface area (Å²) in [7, 11) is -2.48. The quantitative estimate of drug-likeness (QED) is 0.753. The van der Waals surface area contributed by atoms with Gasteiger partial charge < -0.3 is 10.4 Å². The molecule has 1 aromatic heterocycles. The van der Waals surface area contributed by atoms with Gasteiger partial charge in [-0.25, -0.2) is 13.6 Å². The van der Waals surface area contributed by atoms with Crippen molar-refractivity contribution < 1.29 is 18.3 Å². The number of carbonyl (C=O) groups is 1. The Bertz CT molecular complexity index is 811. The number of sulfonamides is 1. The second-order valence-electron chi connectivity index (χ2n) is 4.52. The van der Waals surface area contributed by atoms with Crippen LogP contribution in [0.3, 0.4) is 0 Å². The van der Waals surface area contributed by atoms with Gasteiger partial charge in [0.1, 0.15) is 10.6 Å². The van der Waals surface area contributed by atoms with Crippen molar-refractivity contribution >= 4 is 21.7 Å². The summed E-state index contributed by atoms with van der Waals surface area (Å²) in [6.45, 7) is 1.64. The van der Waals surface area contributed by atoms with Gasteiger partial charge in [-0.3, -0.25) is 9.48 Å². The SMILES string of the molecule is Cc1cc(C(=O)Nc2nn(C)cc2S(N)(=O)=O)ccc1O. The molecule has 112 valence electrons. The van der Waals surface area contributed by atoms with E-state index in [1.807, 2.05) is 0 Å². The molecule has 21 heavy (non-hydrogen) atoms. The first-order chi connectivity index (χ1) is 9.68. The molecule has 0 saturated carbocycles. The second-order valence-corrected chi connectivity index (χ2v) is 6.05. The maximum Gasteiger partial charge on any atom is 0.256 e. The van der Waals surface area contributed by atoms with Gasteiger partial charge in [0.2, 0.25) is 10.0 Å². The largest absolute Gasteiger partial charge is 0.508 e. The number of anilines is 1. The first kappa shape index (κ1) is 15.0. The first-order valence-corrected chi connectivity index (χ1v) is 7.40. The number of benzene rings is 1. The van der Waals surface area contributed by atoms with Crippen molar-refractivity contribution in [1.82, 2.24) is 9.78 Å². The molecule has 1 heterocycles. The van der Waals surface area contributed by atoms with Crippen molar-refractivity contribution in [3.63, 3.8) is 0 Å². The molecule has 0 aliphatic rings. The fourth-order valence-electron chi connectivity index (χ4n) is 1.74. The molecule has 0 radical (unpaired) electrons.